The van der Waals surface area contributed by atoms with Crippen LogP contribution in [0.15, 0.2) is 0 Å². The topological polar surface area (TPSA) is 9.23 Å². The first-order valence-corrected chi connectivity index (χ1v) is 4.47. The van der Waals surface area contributed by atoms with Crippen LogP contribution in [0.2, 0.25) is 0 Å². The fourth-order valence-electron chi connectivity index (χ4n) is 1.23. The van der Waals surface area contributed by atoms with E-state index >= 15 is 0 Å². The summed E-state index contributed by atoms with van der Waals surface area (Å²) in [6.45, 7) is 3.04. The average molecular weight is 183 g/mol. The van der Waals surface area contributed by atoms with E-state index in [1.165, 1.54) is 0 Å². The Labute approximate surface area is 71.6 Å². The van der Waals surface area contributed by atoms with Crippen LogP contribution in [0, 0.1) is 5.92 Å². The predicted octanol–water partition coefficient (Wildman–Crippen LogP) is 2.61. The molecule has 0 aromatic rings. The van der Waals surface area contributed by atoms with Gasteiger partial charge >= 0.3 is 0 Å². The maximum Gasteiger partial charge on any atom is 0.110 e. The van der Waals surface area contributed by atoms with Gasteiger partial charge in [0.2, 0.25) is 0 Å². The number of rotatable bonds is 2. The van der Waals surface area contributed by atoms with Crippen LogP contribution in [0.5, 0.6) is 0 Å². The summed E-state index contributed by atoms with van der Waals surface area (Å²) in [5.41, 5.74) is 0. The monoisotopic (exact) mass is 182 g/mol. The summed E-state index contributed by atoms with van der Waals surface area (Å²) in [5, 5.41) is 0. The molecule has 3 heteroatoms. The van der Waals surface area contributed by atoms with E-state index in [-0.39, 0.29) is 4.84 Å². The maximum atomic E-state index is 5.61. The highest BCUT2D eigenvalue weighted by molar-refractivity contribution is 6.44. The average Bonchev–Trinajstić information content (AvgIpc) is 2.15. The Hall–Kier alpha value is 0.540. The van der Waals surface area contributed by atoms with E-state index in [9.17, 15) is 0 Å². The minimum absolute atomic E-state index is 0.273. The van der Waals surface area contributed by atoms with Crippen molar-refractivity contribution in [3.8, 4) is 0 Å². The summed E-state index contributed by atoms with van der Waals surface area (Å²) in [5.74, 6) is 0.625. The third kappa shape index (κ3) is 2.30. The summed E-state index contributed by atoms with van der Waals surface area (Å²) in [6, 6.07) is 0. The van der Waals surface area contributed by atoms with Crippen molar-refractivity contribution in [3.05, 3.63) is 0 Å². The van der Waals surface area contributed by atoms with Gasteiger partial charge in [0.25, 0.3) is 0 Å². The van der Waals surface area contributed by atoms with Gasteiger partial charge in [0.05, 0.1) is 6.10 Å². The highest BCUT2D eigenvalue weighted by Crippen LogP contribution is 2.26. The largest absolute Gasteiger partial charge is 0.378 e. The maximum absolute atomic E-state index is 5.61. The molecule has 0 aliphatic carbocycles. The van der Waals surface area contributed by atoms with E-state index in [0.29, 0.717) is 12.0 Å². The quantitative estimate of drug-likeness (QED) is 0.598. The molecule has 1 fully saturated rings. The van der Waals surface area contributed by atoms with Gasteiger partial charge in [-0.3, -0.25) is 0 Å². The van der Waals surface area contributed by atoms with Crippen LogP contribution in [0.4, 0.5) is 0 Å². The molecule has 1 saturated heterocycles. The van der Waals surface area contributed by atoms with E-state index in [1.807, 2.05) is 0 Å². The molecule has 0 radical (unpaired) electrons. The van der Waals surface area contributed by atoms with Gasteiger partial charge in [-0.25, -0.2) is 0 Å². The minimum Gasteiger partial charge on any atom is -0.378 e. The lowest BCUT2D eigenvalue weighted by Gasteiger charge is -2.13. The number of hydrogen-bond donors (Lipinski definition) is 0. The van der Waals surface area contributed by atoms with Gasteiger partial charge in [-0.1, -0.05) is 6.92 Å². The molecule has 0 unspecified atom stereocenters. The molecule has 1 heterocycles. The second kappa shape index (κ2) is 3.80. The van der Waals surface area contributed by atoms with Crippen molar-refractivity contribution >= 4 is 23.2 Å². The van der Waals surface area contributed by atoms with Crippen LogP contribution in [-0.4, -0.2) is 17.5 Å². The highest BCUT2D eigenvalue weighted by Gasteiger charge is 2.25. The Morgan fingerprint density at radius 1 is 1.60 bits per heavy atom. The van der Waals surface area contributed by atoms with Crippen LogP contribution >= 0.6 is 23.2 Å². The zero-order valence-corrected chi connectivity index (χ0v) is 7.53. The molecule has 0 amide bonds. The number of halogens is 2. The summed E-state index contributed by atoms with van der Waals surface area (Å²) < 4.78 is 5.41. The van der Waals surface area contributed by atoms with E-state index in [4.69, 9.17) is 27.9 Å². The molecule has 0 saturated carbocycles. The molecular formula is C7H12Cl2O. The lowest BCUT2D eigenvalue weighted by atomic mass is 10.0. The molecule has 2 atom stereocenters. The molecule has 1 aliphatic rings. The van der Waals surface area contributed by atoms with E-state index in [0.717, 1.165) is 19.4 Å². The summed E-state index contributed by atoms with van der Waals surface area (Å²) in [7, 11) is 0. The van der Waals surface area contributed by atoms with E-state index < -0.39 is 0 Å². The van der Waals surface area contributed by atoms with Gasteiger partial charge < -0.3 is 4.74 Å². The van der Waals surface area contributed by atoms with Crippen molar-refractivity contribution in [1.82, 2.24) is 0 Å². The highest BCUT2D eigenvalue weighted by atomic mass is 35.5. The minimum atomic E-state index is -0.273. The van der Waals surface area contributed by atoms with Crippen molar-refractivity contribution in [2.45, 2.75) is 30.7 Å². The van der Waals surface area contributed by atoms with Gasteiger partial charge in [-0.05, 0) is 12.3 Å². The van der Waals surface area contributed by atoms with Crippen molar-refractivity contribution in [1.29, 1.82) is 0 Å². The van der Waals surface area contributed by atoms with Crippen LogP contribution in [0.3, 0.4) is 0 Å². The van der Waals surface area contributed by atoms with Crippen molar-refractivity contribution in [2.75, 3.05) is 6.61 Å². The molecule has 0 aromatic carbocycles. The predicted molar refractivity (Wildman–Crippen MR) is 43.6 cm³/mol. The SMILES string of the molecule is C[C@H]1CCO[C@H]1CC(Cl)Cl. The second-order valence-electron chi connectivity index (χ2n) is 2.80. The number of alkyl halides is 2. The summed E-state index contributed by atoms with van der Waals surface area (Å²) in [6.07, 6.45) is 2.20. The standard InChI is InChI=1S/C7H12Cl2O/c1-5-2-3-10-6(5)4-7(8)9/h5-7H,2-4H2,1H3/t5-,6-/m0/s1. The Morgan fingerprint density at radius 3 is 2.70 bits per heavy atom. The smallest absolute Gasteiger partial charge is 0.110 e. The Kier molecular flexibility index (Phi) is 3.28. The molecule has 1 rings (SSSR count). The van der Waals surface area contributed by atoms with Gasteiger partial charge in [0.15, 0.2) is 0 Å². The Morgan fingerprint density at radius 2 is 2.30 bits per heavy atom. The first-order valence-electron chi connectivity index (χ1n) is 3.60. The third-order valence-electron chi connectivity index (χ3n) is 1.95. The lowest BCUT2D eigenvalue weighted by molar-refractivity contribution is 0.0900. The Bertz CT molecular complexity index is 106. The van der Waals surface area contributed by atoms with Crippen molar-refractivity contribution in [2.24, 2.45) is 5.92 Å². The molecule has 0 N–H and O–H groups in total. The molecule has 0 aromatic heterocycles. The van der Waals surface area contributed by atoms with E-state index in [2.05, 4.69) is 6.92 Å². The molecule has 10 heavy (non-hydrogen) atoms. The van der Waals surface area contributed by atoms with E-state index in [1.54, 1.807) is 0 Å². The Balaban J connectivity index is 2.26. The molecule has 0 spiro atoms. The molecule has 1 nitrogen and oxygen atoms in total. The van der Waals surface area contributed by atoms with Crippen LogP contribution in [-0.2, 0) is 4.74 Å². The molecule has 60 valence electrons. The fraction of sp³-hybridized carbons (Fsp3) is 1.00. The second-order valence-corrected chi connectivity index (χ2v) is 4.08. The van der Waals surface area contributed by atoms with Gasteiger partial charge in [-0.15, -0.1) is 23.2 Å². The zero-order chi connectivity index (χ0) is 7.56. The lowest BCUT2D eigenvalue weighted by Crippen LogP contribution is -2.15. The molecule has 1 aliphatic heterocycles. The summed E-state index contributed by atoms with van der Waals surface area (Å²) >= 11 is 11.2. The number of hydrogen-bond acceptors (Lipinski definition) is 1. The first-order chi connectivity index (χ1) is 4.70. The van der Waals surface area contributed by atoms with Gasteiger partial charge in [0.1, 0.15) is 4.84 Å². The molecule has 0 bridgehead atoms. The van der Waals surface area contributed by atoms with Crippen LogP contribution in [0.25, 0.3) is 0 Å². The van der Waals surface area contributed by atoms with Crippen molar-refractivity contribution in [3.63, 3.8) is 0 Å². The normalized spacial score (nSPS) is 33.6. The van der Waals surface area contributed by atoms with Gasteiger partial charge in [-0.2, -0.15) is 0 Å². The zero-order valence-electron chi connectivity index (χ0n) is 6.02. The van der Waals surface area contributed by atoms with Gasteiger partial charge in [0, 0.05) is 13.0 Å². The molecular weight excluding hydrogens is 171 g/mol. The van der Waals surface area contributed by atoms with Crippen LogP contribution in [0.1, 0.15) is 19.8 Å². The number of ether oxygens (including phenoxy) is 1. The van der Waals surface area contributed by atoms with Crippen LogP contribution < -0.4 is 0 Å². The van der Waals surface area contributed by atoms with Crippen molar-refractivity contribution < 1.29 is 4.74 Å². The fourth-order valence-corrected chi connectivity index (χ4v) is 1.58. The summed E-state index contributed by atoms with van der Waals surface area (Å²) in [4.78, 5) is -0.273. The first kappa shape index (κ1) is 8.63. The third-order valence-corrected chi connectivity index (χ3v) is 2.31.